The summed E-state index contributed by atoms with van der Waals surface area (Å²) >= 11 is 0. The molecule has 0 nitrogen and oxygen atoms in total. The van der Waals surface area contributed by atoms with Crippen molar-refractivity contribution in [2.24, 2.45) is 0 Å². The average Bonchev–Trinajstić information content (AvgIpc) is 2.17. The summed E-state index contributed by atoms with van der Waals surface area (Å²) in [5.74, 6) is 0. The van der Waals surface area contributed by atoms with E-state index in [1.54, 1.807) is 0 Å². The molecule has 13 heavy (non-hydrogen) atoms. The molecule has 0 aliphatic heterocycles. The summed E-state index contributed by atoms with van der Waals surface area (Å²) in [6, 6.07) is 0. The Balaban J connectivity index is 2.24. The molecule has 0 bridgehead atoms. The van der Waals surface area contributed by atoms with E-state index in [1.165, 1.54) is 59.9 Å². The molecule has 0 spiro atoms. The van der Waals surface area contributed by atoms with E-state index >= 15 is 0 Å². The Morgan fingerprint density at radius 2 is 1.31 bits per heavy atom. The van der Waals surface area contributed by atoms with Gasteiger partial charge in [-0.15, -0.1) is 8.58 Å². The van der Waals surface area contributed by atoms with Crippen molar-refractivity contribution in [1.29, 1.82) is 0 Å². The van der Waals surface area contributed by atoms with E-state index < -0.39 is 0 Å². The van der Waals surface area contributed by atoms with Gasteiger partial charge in [-0.2, -0.15) is 0 Å². The van der Waals surface area contributed by atoms with Crippen molar-refractivity contribution in [1.82, 2.24) is 0 Å². The number of hydrogen-bond acceptors (Lipinski definition) is 0. The lowest BCUT2D eigenvalue weighted by atomic mass is 10.1. The summed E-state index contributed by atoms with van der Waals surface area (Å²) in [5.41, 5.74) is 2.02. The first kappa shape index (κ1) is 11.5. The maximum absolute atomic E-state index is 2.38. The van der Waals surface area contributed by atoms with E-state index in [0.717, 1.165) is 11.3 Å². The molecule has 1 saturated carbocycles. The molecule has 0 aromatic carbocycles. The first-order valence-corrected chi connectivity index (χ1v) is 7.20. The highest BCUT2D eigenvalue weighted by Crippen LogP contribution is 2.33. The molecule has 1 atom stereocenters. The second-order valence-electron chi connectivity index (χ2n) is 4.72. The van der Waals surface area contributed by atoms with Crippen LogP contribution < -0.4 is 0 Å². The molecule has 1 aliphatic carbocycles. The maximum atomic E-state index is 2.38. The minimum atomic E-state index is 0.936. The van der Waals surface area contributed by atoms with Crippen molar-refractivity contribution in [2.45, 2.75) is 76.5 Å². The zero-order valence-electron chi connectivity index (χ0n) is 9.31. The molecule has 1 aliphatic rings. The lowest BCUT2D eigenvalue weighted by Gasteiger charge is -2.18. The largest absolute Gasteiger partial charge is 0.116 e. The minimum absolute atomic E-state index is 0.936. The summed E-state index contributed by atoms with van der Waals surface area (Å²) in [4.78, 5) is 0. The Morgan fingerprint density at radius 3 is 1.77 bits per heavy atom. The predicted octanol–water partition coefficient (Wildman–Crippen LogP) is 4.58. The Morgan fingerprint density at radius 1 is 0.846 bits per heavy atom. The highest BCUT2D eigenvalue weighted by molar-refractivity contribution is 7.39. The Labute approximate surface area is 85.7 Å². The number of hydrogen-bond donors (Lipinski definition) is 0. The second-order valence-corrected chi connectivity index (χ2v) is 7.02. The van der Waals surface area contributed by atoms with Crippen LogP contribution in [0, 0.1) is 0 Å². The van der Waals surface area contributed by atoms with E-state index in [2.05, 4.69) is 13.8 Å². The lowest BCUT2D eigenvalue weighted by Crippen LogP contribution is -2.03. The van der Waals surface area contributed by atoms with Crippen molar-refractivity contribution < 1.29 is 0 Å². The third kappa shape index (κ3) is 5.68. The van der Waals surface area contributed by atoms with Crippen LogP contribution in [0.1, 0.15) is 65.2 Å². The van der Waals surface area contributed by atoms with E-state index in [0.29, 0.717) is 0 Å². The van der Waals surface area contributed by atoms with Crippen LogP contribution in [0.15, 0.2) is 0 Å². The van der Waals surface area contributed by atoms with Crippen molar-refractivity contribution in [3.8, 4) is 0 Å². The van der Waals surface area contributed by atoms with Crippen LogP contribution in [0.5, 0.6) is 0 Å². The molecule has 0 saturated heterocycles. The van der Waals surface area contributed by atoms with Gasteiger partial charge in [-0.05, 0) is 24.2 Å². The quantitative estimate of drug-likeness (QED) is 0.572. The monoisotopic (exact) mass is 200 g/mol. The van der Waals surface area contributed by atoms with Gasteiger partial charge in [-0.1, -0.05) is 52.4 Å². The third-order valence-corrected chi connectivity index (χ3v) is 4.64. The fourth-order valence-electron chi connectivity index (χ4n) is 2.27. The Bertz CT molecular complexity index is 110. The molecule has 0 amide bonds. The Hall–Kier alpha value is 0.430. The molecule has 0 aromatic heterocycles. The van der Waals surface area contributed by atoms with Crippen molar-refractivity contribution >= 4 is 8.58 Å². The Kier molecular flexibility index (Phi) is 6.04. The molecule has 1 unspecified atom stereocenters. The lowest BCUT2D eigenvalue weighted by molar-refractivity contribution is 0.624. The molecule has 1 fully saturated rings. The van der Waals surface area contributed by atoms with Gasteiger partial charge in [0.05, 0.1) is 0 Å². The minimum Gasteiger partial charge on any atom is -0.116 e. The second kappa shape index (κ2) is 6.82. The summed E-state index contributed by atoms with van der Waals surface area (Å²) in [6.07, 6.45) is 12.1. The molecule has 1 rings (SSSR count). The molecule has 0 radical (unpaired) electrons. The summed E-state index contributed by atoms with van der Waals surface area (Å²) in [7, 11) is 1.23. The molecule has 0 N–H and O–H groups in total. The zero-order valence-corrected chi connectivity index (χ0v) is 10.3. The first-order valence-electron chi connectivity index (χ1n) is 6.05. The average molecular weight is 200 g/mol. The molecule has 78 valence electrons. The van der Waals surface area contributed by atoms with E-state index in [-0.39, 0.29) is 0 Å². The maximum Gasteiger partial charge on any atom is -0.0234 e. The highest BCUT2D eigenvalue weighted by atomic mass is 31.1. The van der Waals surface area contributed by atoms with Gasteiger partial charge in [0.25, 0.3) is 0 Å². The van der Waals surface area contributed by atoms with Crippen LogP contribution in [0.4, 0.5) is 0 Å². The summed E-state index contributed by atoms with van der Waals surface area (Å²) < 4.78 is 0. The SMILES string of the molecule is CC(C)PC1CCCCCCCC1. The molecular weight excluding hydrogens is 175 g/mol. The molecule has 0 aromatic rings. The van der Waals surface area contributed by atoms with Gasteiger partial charge in [0, 0.05) is 0 Å². The fourth-order valence-corrected chi connectivity index (χ4v) is 3.96. The summed E-state index contributed by atoms with van der Waals surface area (Å²) in [6.45, 7) is 4.76. The zero-order chi connectivity index (χ0) is 9.52. The molecule has 0 heterocycles. The van der Waals surface area contributed by atoms with E-state index in [9.17, 15) is 0 Å². The van der Waals surface area contributed by atoms with Crippen LogP contribution in [-0.4, -0.2) is 11.3 Å². The standard InChI is InChI=1S/C12H25P/c1-11(2)13-12-9-7-5-3-4-6-8-10-12/h11-13H,3-10H2,1-2H3. The smallest absolute Gasteiger partial charge is 0.0234 e. The molecule has 1 heteroatoms. The van der Waals surface area contributed by atoms with Gasteiger partial charge in [0.1, 0.15) is 0 Å². The van der Waals surface area contributed by atoms with Gasteiger partial charge in [0.2, 0.25) is 0 Å². The van der Waals surface area contributed by atoms with Gasteiger partial charge in [0.15, 0.2) is 0 Å². The van der Waals surface area contributed by atoms with Crippen molar-refractivity contribution in [3.63, 3.8) is 0 Å². The fraction of sp³-hybridized carbons (Fsp3) is 1.00. The van der Waals surface area contributed by atoms with Gasteiger partial charge < -0.3 is 0 Å². The van der Waals surface area contributed by atoms with Crippen LogP contribution in [0.25, 0.3) is 0 Å². The van der Waals surface area contributed by atoms with Crippen LogP contribution >= 0.6 is 8.58 Å². The third-order valence-electron chi connectivity index (χ3n) is 2.92. The van der Waals surface area contributed by atoms with Crippen molar-refractivity contribution in [2.75, 3.05) is 0 Å². The van der Waals surface area contributed by atoms with Gasteiger partial charge in [-0.3, -0.25) is 0 Å². The highest BCUT2D eigenvalue weighted by Gasteiger charge is 2.11. The van der Waals surface area contributed by atoms with Crippen LogP contribution in [0.2, 0.25) is 0 Å². The molecular formula is C12H25P. The predicted molar refractivity (Wildman–Crippen MR) is 64.2 cm³/mol. The van der Waals surface area contributed by atoms with E-state index in [1.807, 2.05) is 0 Å². The first-order chi connectivity index (χ1) is 6.29. The van der Waals surface area contributed by atoms with E-state index in [4.69, 9.17) is 0 Å². The van der Waals surface area contributed by atoms with Crippen LogP contribution in [-0.2, 0) is 0 Å². The van der Waals surface area contributed by atoms with Gasteiger partial charge >= 0.3 is 0 Å². The number of rotatable bonds is 2. The van der Waals surface area contributed by atoms with Gasteiger partial charge in [-0.25, -0.2) is 0 Å². The van der Waals surface area contributed by atoms with Crippen LogP contribution in [0.3, 0.4) is 0 Å². The summed E-state index contributed by atoms with van der Waals surface area (Å²) in [5, 5.41) is 0. The normalized spacial score (nSPS) is 23.3. The van der Waals surface area contributed by atoms with Crippen molar-refractivity contribution in [3.05, 3.63) is 0 Å². The topological polar surface area (TPSA) is 0 Å².